The van der Waals surface area contributed by atoms with Gasteiger partial charge in [0.15, 0.2) is 0 Å². The molecule has 0 saturated heterocycles. The Balaban J connectivity index is 1.65. The zero-order valence-corrected chi connectivity index (χ0v) is 11.7. The second-order valence-electron chi connectivity index (χ2n) is 5.40. The summed E-state index contributed by atoms with van der Waals surface area (Å²) in [5, 5.41) is 3.28. The molecule has 2 aromatic carbocycles. The Kier molecular flexibility index (Phi) is 3.35. The Morgan fingerprint density at radius 1 is 1.20 bits per heavy atom. The van der Waals surface area contributed by atoms with E-state index in [4.69, 9.17) is 4.74 Å². The minimum absolute atomic E-state index is 0.106. The van der Waals surface area contributed by atoms with E-state index in [9.17, 15) is 4.39 Å². The first kappa shape index (κ1) is 13.0. The summed E-state index contributed by atoms with van der Waals surface area (Å²) in [6, 6.07) is 11.0. The molecule has 20 heavy (non-hydrogen) atoms. The van der Waals surface area contributed by atoms with Gasteiger partial charge in [0.1, 0.15) is 17.7 Å². The zero-order valence-electron chi connectivity index (χ0n) is 11.7. The molecule has 0 aromatic heterocycles. The minimum Gasteiger partial charge on any atom is -0.488 e. The number of nitrogens with one attached hydrogen (secondary N) is 1. The van der Waals surface area contributed by atoms with Gasteiger partial charge in [-0.05, 0) is 43.2 Å². The highest BCUT2D eigenvalue weighted by Crippen LogP contribution is 2.29. The van der Waals surface area contributed by atoms with Crippen LogP contribution in [0, 0.1) is 19.7 Å². The average molecular weight is 271 g/mol. The van der Waals surface area contributed by atoms with Crippen molar-refractivity contribution in [2.75, 3.05) is 11.9 Å². The molecule has 2 nitrogen and oxygen atoms in total. The van der Waals surface area contributed by atoms with Crippen LogP contribution in [0.5, 0.6) is 5.75 Å². The summed E-state index contributed by atoms with van der Waals surface area (Å²) in [6.07, 6.45) is 1.01. The van der Waals surface area contributed by atoms with Crippen molar-refractivity contribution >= 4 is 5.69 Å². The summed E-state index contributed by atoms with van der Waals surface area (Å²) in [7, 11) is 0. The molecule has 2 aromatic rings. The topological polar surface area (TPSA) is 21.3 Å². The van der Waals surface area contributed by atoms with E-state index in [0.29, 0.717) is 6.54 Å². The normalized spacial score (nSPS) is 16.6. The number of anilines is 1. The zero-order chi connectivity index (χ0) is 14.1. The molecule has 1 aliphatic heterocycles. The lowest BCUT2D eigenvalue weighted by atomic mass is 10.1. The Morgan fingerprint density at radius 2 is 2.05 bits per heavy atom. The Labute approximate surface area is 118 Å². The maximum absolute atomic E-state index is 13.2. The third-order valence-corrected chi connectivity index (χ3v) is 3.68. The monoisotopic (exact) mass is 271 g/mol. The summed E-state index contributed by atoms with van der Waals surface area (Å²) in [4.78, 5) is 0. The highest BCUT2D eigenvalue weighted by Gasteiger charge is 2.22. The molecular weight excluding hydrogens is 253 g/mol. The van der Waals surface area contributed by atoms with Gasteiger partial charge in [0.25, 0.3) is 0 Å². The van der Waals surface area contributed by atoms with Crippen molar-refractivity contribution in [3.8, 4) is 5.75 Å². The first-order chi connectivity index (χ1) is 9.61. The molecule has 0 bridgehead atoms. The molecule has 0 aliphatic carbocycles. The number of fused-ring (bicyclic) bond motifs is 1. The van der Waals surface area contributed by atoms with Crippen LogP contribution in [0.25, 0.3) is 0 Å². The lowest BCUT2D eigenvalue weighted by molar-refractivity contribution is 0.246. The van der Waals surface area contributed by atoms with E-state index < -0.39 is 0 Å². The fourth-order valence-corrected chi connectivity index (χ4v) is 2.57. The van der Waals surface area contributed by atoms with Crippen molar-refractivity contribution in [1.29, 1.82) is 0 Å². The molecule has 3 rings (SSSR count). The number of ether oxygens (including phenoxy) is 1. The fourth-order valence-electron chi connectivity index (χ4n) is 2.57. The molecule has 0 spiro atoms. The van der Waals surface area contributed by atoms with Gasteiger partial charge in [-0.3, -0.25) is 0 Å². The van der Waals surface area contributed by atoms with Crippen molar-refractivity contribution in [1.82, 2.24) is 0 Å². The minimum atomic E-state index is -0.218. The molecule has 0 fully saturated rings. The summed E-state index contributed by atoms with van der Waals surface area (Å²) in [5.74, 6) is 0.753. The van der Waals surface area contributed by atoms with Crippen molar-refractivity contribution in [2.24, 2.45) is 0 Å². The van der Waals surface area contributed by atoms with Gasteiger partial charge in [-0.15, -0.1) is 0 Å². The maximum atomic E-state index is 13.2. The largest absolute Gasteiger partial charge is 0.488 e. The van der Waals surface area contributed by atoms with Crippen molar-refractivity contribution in [2.45, 2.75) is 26.4 Å². The predicted molar refractivity (Wildman–Crippen MR) is 78.9 cm³/mol. The van der Waals surface area contributed by atoms with E-state index in [1.807, 2.05) is 13.0 Å². The first-order valence-corrected chi connectivity index (χ1v) is 6.88. The van der Waals surface area contributed by atoms with Crippen molar-refractivity contribution in [3.05, 3.63) is 58.9 Å². The van der Waals surface area contributed by atoms with Crippen molar-refractivity contribution < 1.29 is 9.13 Å². The molecule has 1 N–H and O–H groups in total. The van der Waals surface area contributed by atoms with E-state index in [1.54, 1.807) is 6.07 Å². The lowest BCUT2D eigenvalue weighted by Crippen LogP contribution is -2.24. The van der Waals surface area contributed by atoms with Crippen molar-refractivity contribution in [3.63, 3.8) is 0 Å². The van der Waals surface area contributed by atoms with Gasteiger partial charge >= 0.3 is 0 Å². The van der Waals surface area contributed by atoms with Gasteiger partial charge in [-0.2, -0.15) is 0 Å². The highest BCUT2D eigenvalue weighted by molar-refractivity contribution is 5.51. The first-order valence-electron chi connectivity index (χ1n) is 6.88. The number of aryl methyl sites for hydroxylation is 2. The Hall–Kier alpha value is -2.03. The summed E-state index contributed by atoms with van der Waals surface area (Å²) < 4.78 is 19.1. The predicted octanol–water partition coefficient (Wildman–Crippen LogP) is 3.86. The van der Waals surface area contributed by atoms with Gasteiger partial charge < -0.3 is 10.1 Å². The number of halogens is 1. The van der Waals surface area contributed by atoms with Gasteiger partial charge in [0, 0.05) is 12.1 Å². The SMILES string of the molecule is Cc1ccc2c(c1)CC(CNc1cc(F)ccc1C)O2. The van der Waals surface area contributed by atoms with E-state index in [2.05, 4.69) is 24.4 Å². The third kappa shape index (κ3) is 2.62. The number of rotatable bonds is 3. The lowest BCUT2D eigenvalue weighted by Gasteiger charge is -2.14. The fraction of sp³-hybridized carbons (Fsp3) is 0.294. The molecule has 0 amide bonds. The van der Waals surface area contributed by atoms with Crippen LogP contribution in [0.15, 0.2) is 36.4 Å². The molecule has 3 heteroatoms. The molecule has 0 radical (unpaired) electrons. The van der Waals surface area contributed by atoms with Crippen LogP contribution in [0.3, 0.4) is 0 Å². The molecular formula is C17H18FNO. The van der Waals surface area contributed by atoms with E-state index in [-0.39, 0.29) is 11.9 Å². The van der Waals surface area contributed by atoms with Crippen LogP contribution in [0.1, 0.15) is 16.7 Å². The Morgan fingerprint density at radius 3 is 2.90 bits per heavy atom. The standard InChI is InChI=1S/C17H18FNO/c1-11-3-6-17-13(7-11)8-15(20-17)10-19-16-9-14(18)5-4-12(16)2/h3-7,9,15,19H,8,10H2,1-2H3. The summed E-state index contributed by atoms with van der Waals surface area (Å²) in [6.45, 7) is 4.73. The van der Waals surface area contributed by atoms with E-state index in [1.165, 1.54) is 23.3 Å². The molecule has 1 aliphatic rings. The third-order valence-electron chi connectivity index (χ3n) is 3.68. The second kappa shape index (κ2) is 5.16. The van der Waals surface area contributed by atoms with Crippen LogP contribution >= 0.6 is 0 Å². The smallest absolute Gasteiger partial charge is 0.125 e. The van der Waals surface area contributed by atoms with Crippen LogP contribution < -0.4 is 10.1 Å². The Bertz CT molecular complexity index is 639. The molecule has 1 unspecified atom stereocenters. The number of hydrogen-bond donors (Lipinski definition) is 1. The van der Waals surface area contributed by atoms with Crippen LogP contribution in [0.4, 0.5) is 10.1 Å². The molecule has 1 atom stereocenters. The van der Waals surface area contributed by atoms with Crippen LogP contribution in [-0.4, -0.2) is 12.6 Å². The van der Waals surface area contributed by atoms with Gasteiger partial charge in [0.05, 0.1) is 6.54 Å². The van der Waals surface area contributed by atoms with Crippen LogP contribution in [0.2, 0.25) is 0 Å². The molecule has 1 heterocycles. The van der Waals surface area contributed by atoms with Gasteiger partial charge in [-0.1, -0.05) is 23.8 Å². The summed E-state index contributed by atoms with van der Waals surface area (Å²) in [5.41, 5.74) is 4.38. The van der Waals surface area contributed by atoms with E-state index in [0.717, 1.165) is 23.4 Å². The van der Waals surface area contributed by atoms with E-state index >= 15 is 0 Å². The molecule has 104 valence electrons. The average Bonchev–Trinajstić information content (AvgIpc) is 2.81. The molecule has 0 saturated carbocycles. The summed E-state index contributed by atoms with van der Waals surface area (Å²) >= 11 is 0. The highest BCUT2D eigenvalue weighted by atomic mass is 19.1. The van der Waals surface area contributed by atoms with Gasteiger partial charge in [0.2, 0.25) is 0 Å². The van der Waals surface area contributed by atoms with Gasteiger partial charge in [-0.25, -0.2) is 4.39 Å². The maximum Gasteiger partial charge on any atom is 0.125 e. The number of benzene rings is 2. The van der Waals surface area contributed by atoms with Crippen LogP contribution in [-0.2, 0) is 6.42 Å². The quantitative estimate of drug-likeness (QED) is 0.915. The number of hydrogen-bond acceptors (Lipinski definition) is 2. The second-order valence-corrected chi connectivity index (χ2v) is 5.40.